The maximum atomic E-state index is 13.1. The van der Waals surface area contributed by atoms with Gasteiger partial charge in [0.25, 0.3) is 5.56 Å². The Morgan fingerprint density at radius 2 is 2.06 bits per heavy atom. The van der Waals surface area contributed by atoms with Gasteiger partial charge in [-0.25, -0.2) is 4.98 Å². The first-order chi connectivity index (χ1) is 16.4. The number of thiazole rings is 1. The molecule has 3 aromatic rings. The predicted molar refractivity (Wildman–Crippen MR) is 134 cm³/mol. The van der Waals surface area contributed by atoms with Crippen LogP contribution >= 0.6 is 11.3 Å². The first-order valence-electron chi connectivity index (χ1n) is 11.6. The molecule has 0 unspecified atom stereocenters. The van der Waals surface area contributed by atoms with E-state index in [2.05, 4.69) is 39.3 Å². The van der Waals surface area contributed by atoms with Crippen LogP contribution < -0.4 is 21.1 Å². The van der Waals surface area contributed by atoms with Gasteiger partial charge in [0.05, 0.1) is 5.92 Å². The molecule has 180 valence electrons. The monoisotopic (exact) mass is 482 g/mol. The molecule has 0 radical (unpaired) electrons. The number of hydrogen-bond acceptors (Lipinski definition) is 7. The number of rotatable bonds is 7. The minimum absolute atomic E-state index is 0.0545. The Morgan fingerprint density at radius 1 is 1.26 bits per heavy atom. The second kappa shape index (κ2) is 10.3. The maximum absolute atomic E-state index is 13.1. The topological polar surface area (TPSA) is 109 Å². The third kappa shape index (κ3) is 5.11. The molecule has 34 heavy (non-hydrogen) atoms. The molecule has 2 N–H and O–H groups in total. The summed E-state index contributed by atoms with van der Waals surface area (Å²) < 4.78 is 1.72. The lowest BCUT2D eigenvalue weighted by molar-refractivity contribution is -0.125. The van der Waals surface area contributed by atoms with Crippen molar-refractivity contribution < 1.29 is 9.59 Å². The highest BCUT2D eigenvalue weighted by molar-refractivity contribution is 7.22. The van der Waals surface area contributed by atoms with Crippen molar-refractivity contribution in [3.05, 3.63) is 46.5 Å². The first kappa shape index (κ1) is 23.9. The summed E-state index contributed by atoms with van der Waals surface area (Å²) >= 11 is 1.26. The average Bonchev–Trinajstić information content (AvgIpc) is 3.27. The fourth-order valence-corrected chi connectivity index (χ4v) is 5.23. The first-order valence-corrected chi connectivity index (χ1v) is 12.5. The van der Waals surface area contributed by atoms with E-state index >= 15 is 0 Å². The quantitative estimate of drug-likeness (QED) is 0.536. The molecular weight excluding hydrogens is 452 g/mol. The van der Waals surface area contributed by atoms with E-state index in [1.165, 1.54) is 22.2 Å². The molecule has 0 aliphatic carbocycles. The van der Waals surface area contributed by atoms with E-state index in [1.54, 1.807) is 0 Å². The van der Waals surface area contributed by atoms with Crippen LogP contribution in [0.3, 0.4) is 0 Å². The van der Waals surface area contributed by atoms with Crippen molar-refractivity contribution in [1.82, 2.24) is 19.9 Å². The Bertz CT molecular complexity index is 1250. The second-order valence-corrected chi connectivity index (χ2v) is 9.77. The SMILES string of the molecule is CCNC(=O)[C@@H]1CCCN(c2nc3ncn(CC(=O)Nc4ccccc4C(C)C)c(=O)c3s2)C1. The zero-order valence-corrected chi connectivity index (χ0v) is 20.5. The molecule has 1 fully saturated rings. The largest absolute Gasteiger partial charge is 0.356 e. The summed E-state index contributed by atoms with van der Waals surface area (Å²) in [6.07, 6.45) is 3.09. The van der Waals surface area contributed by atoms with Crippen LogP contribution in [0.1, 0.15) is 45.1 Å². The van der Waals surface area contributed by atoms with Gasteiger partial charge in [-0.3, -0.25) is 19.0 Å². The molecule has 1 aliphatic rings. The van der Waals surface area contributed by atoms with Gasteiger partial charge in [0.15, 0.2) is 10.8 Å². The number of piperidine rings is 1. The lowest BCUT2D eigenvalue weighted by atomic mass is 9.97. The highest BCUT2D eigenvalue weighted by Gasteiger charge is 2.27. The second-order valence-electron chi connectivity index (χ2n) is 8.80. The molecule has 0 saturated carbocycles. The van der Waals surface area contributed by atoms with Crippen LogP contribution in [0, 0.1) is 5.92 Å². The molecule has 1 aliphatic heterocycles. The summed E-state index contributed by atoms with van der Waals surface area (Å²) in [6, 6.07) is 7.65. The van der Waals surface area contributed by atoms with E-state index in [9.17, 15) is 14.4 Å². The van der Waals surface area contributed by atoms with Crippen LogP contribution in [-0.2, 0) is 16.1 Å². The smallest absolute Gasteiger partial charge is 0.273 e. The van der Waals surface area contributed by atoms with Crippen molar-refractivity contribution in [2.75, 3.05) is 29.9 Å². The summed E-state index contributed by atoms with van der Waals surface area (Å²) in [4.78, 5) is 49.0. The third-order valence-corrected chi connectivity index (χ3v) is 7.05. The van der Waals surface area contributed by atoms with Gasteiger partial charge in [0, 0.05) is 25.3 Å². The molecule has 1 atom stereocenters. The Balaban J connectivity index is 1.51. The van der Waals surface area contributed by atoms with Crippen LogP contribution in [0.15, 0.2) is 35.4 Å². The number of para-hydroxylation sites is 1. The van der Waals surface area contributed by atoms with Gasteiger partial charge < -0.3 is 15.5 Å². The number of nitrogens with zero attached hydrogens (tertiary/aromatic N) is 4. The van der Waals surface area contributed by atoms with E-state index in [4.69, 9.17) is 0 Å². The van der Waals surface area contributed by atoms with Gasteiger partial charge in [-0.05, 0) is 37.3 Å². The number of benzene rings is 1. The number of carbonyl (C=O) groups is 2. The summed E-state index contributed by atoms with van der Waals surface area (Å²) in [6.45, 7) is 7.86. The number of carbonyl (C=O) groups excluding carboxylic acids is 2. The number of anilines is 2. The summed E-state index contributed by atoms with van der Waals surface area (Å²) in [5, 5.41) is 6.48. The van der Waals surface area contributed by atoms with E-state index in [1.807, 2.05) is 31.2 Å². The number of hydrogen-bond donors (Lipinski definition) is 2. The fourth-order valence-electron chi connectivity index (χ4n) is 4.23. The summed E-state index contributed by atoms with van der Waals surface area (Å²) in [5.41, 5.74) is 1.86. The Hall–Kier alpha value is -3.27. The van der Waals surface area contributed by atoms with Crippen molar-refractivity contribution in [3.63, 3.8) is 0 Å². The van der Waals surface area contributed by atoms with Crippen molar-refractivity contribution in [2.45, 2.75) is 46.1 Å². The van der Waals surface area contributed by atoms with Crippen molar-refractivity contribution in [2.24, 2.45) is 5.92 Å². The van der Waals surface area contributed by atoms with Gasteiger partial charge in [-0.1, -0.05) is 43.4 Å². The van der Waals surface area contributed by atoms with Crippen LogP contribution in [0.5, 0.6) is 0 Å². The Labute approximate surface area is 202 Å². The van der Waals surface area contributed by atoms with Gasteiger partial charge in [-0.2, -0.15) is 4.98 Å². The van der Waals surface area contributed by atoms with Gasteiger partial charge >= 0.3 is 0 Å². The van der Waals surface area contributed by atoms with Crippen molar-refractivity contribution >= 4 is 44.3 Å². The average molecular weight is 483 g/mol. The van der Waals surface area contributed by atoms with Crippen LogP contribution in [-0.4, -0.2) is 46.0 Å². The molecule has 4 rings (SSSR count). The van der Waals surface area contributed by atoms with Crippen molar-refractivity contribution in [3.8, 4) is 0 Å². The number of fused-ring (bicyclic) bond motifs is 1. The van der Waals surface area contributed by atoms with Gasteiger partial charge in [0.1, 0.15) is 17.6 Å². The fraction of sp³-hybridized carbons (Fsp3) is 0.458. The highest BCUT2D eigenvalue weighted by Crippen LogP contribution is 2.29. The molecule has 1 aromatic carbocycles. The minimum Gasteiger partial charge on any atom is -0.356 e. The normalized spacial score (nSPS) is 16.1. The molecule has 9 nitrogen and oxygen atoms in total. The van der Waals surface area contributed by atoms with Gasteiger partial charge in [0.2, 0.25) is 11.8 Å². The van der Waals surface area contributed by atoms with Crippen molar-refractivity contribution in [1.29, 1.82) is 0 Å². The summed E-state index contributed by atoms with van der Waals surface area (Å²) in [5.74, 6) is -0.0706. The number of amides is 2. The van der Waals surface area contributed by atoms with E-state index in [-0.39, 0.29) is 35.8 Å². The zero-order chi connectivity index (χ0) is 24.2. The minimum atomic E-state index is -0.293. The molecule has 0 bridgehead atoms. The lowest BCUT2D eigenvalue weighted by Gasteiger charge is -2.31. The van der Waals surface area contributed by atoms with Gasteiger partial charge in [-0.15, -0.1) is 0 Å². The van der Waals surface area contributed by atoms with E-state index in [0.29, 0.717) is 28.6 Å². The lowest BCUT2D eigenvalue weighted by Crippen LogP contribution is -2.43. The van der Waals surface area contributed by atoms with E-state index in [0.717, 1.165) is 30.6 Å². The number of nitrogens with one attached hydrogen (secondary N) is 2. The maximum Gasteiger partial charge on any atom is 0.273 e. The van der Waals surface area contributed by atoms with Crippen LogP contribution in [0.4, 0.5) is 10.8 Å². The third-order valence-electron chi connectivity index (χ3n) is 5.96. The standard InChI is InChI=1S/C24H30N6O3S/c1-4-25-22(32)16-8-7-11-29(12-16)24-28-21-20(34-24)23(33)30(14-26-21)13-19(31)27-18-10-6-5-9-17(18)15(2)3/h5-6,9-10,14-16H,4,7-8,11-13H2,1-3H3,(H,25,32)(H,27,31)/t16-/m1/s1. The molecule has 10 heteroatoms. The molecule has 3 heterocycles. The van der Waals surface area contributed by atoms with E-state index < -0.39 is 0 Å². The predicted octanol–water partition coefficient (Wildman–Crippen LogP) is 2.97. The van der Waals surface area contributed by atoms with Crippen LogP contribution in [0.25, 0.3) is 10.3 Å². The van der Waals surface area contributed by atoms with Crippen LogP contribution in [0.2, 0.25) is 0 Å². The molecule has 0 spiro atoms. The Kier molecular flexibility index (Phi) is 7.26. The molecular formula is C24H30N6O3S. The highest BCUT2D eigenvalue weighted by atomic mass is 32.1. The number of aromatic nitrogens is 3. The molecule has 1 saturated heterocycles. The molecule has 2 amide bonds. The zero-order valence-electron chi connectivity index (χ0n) is 19.7. The summed E-state index contributed by atoms with van der Waals surface area (Å²) in [7, 11) is 0. The molecule has 2 aromatic heterocycles. The Morgan fingerprint density at radius 3 is 2.82 bits per heavy atom.